The number of carbonyl (C=O) groups excluding carboxylic acids is 1. The molecule has 1 aromatic rings. The van der Waals surface area contributed by atoms with Crippen LogP contribution in [0.5, 0.6) is 0 Å². The van der Waals surface area contributed by atoms with Crippen molar-refractivity contribution in [2.24, 2.45) is 17.6 Å². The molecule has 0 aliphatic heterocycles. The van der Waals surface area contributed by atoms with Crippen LogP contribution in [0, 0.1) is 11.8 Å². The fourth-order valence-electron chi connectivity index (χ4n) is 2.47. The van der Waals surface area contributed by atoms with E-state index in [0.29, 0.717) is 31.6 Å². The first kappa shape index (κ1) is 25.6. The highest BCUT2D eigenvalue weighted by molar-refractivity contribution is 5.83. The molecule has 0 radical (unpaired) electrons. The number of aliphatic carboxylic acids is 2. The Hall–Kier alpha value is -2.41. The Morgan fingerprint density at radius 1 is 0.929 bits per heavy atom. The predicted molar refractivity (Wildman–Crippen MR) is 109 cm³/mol. The largest absolute Gasteiger partial charge is 0.480 e. The highest BCUT2D eigenvalue weighted by Gasteiger charge is 2.20. The minimum atomic E-state index is -0.971. The standard InChI is InChI=1S/C15H21NO3.C6H13NO2/c1-11(2)10-13(15(18)19)16-14(17)9-8-12-6-4-3-5-7-12;1-4(2)3-5(7)6(8)9/h3-7,11,13H,8-10H2,1-2H3,(H,16,17)(H,18,19);4-5H,3,7H2,1-2H3,(H,8,9)/t13-;5-/m00/s1. The third-order valence-corrected chi connectivity index (χ3v) is 3.87. The molecule has 7 heteroatoms. The molecule has 0 saturated heterocycles. The van der Waals surface area contributed by atoms with Gasteiger partial charge in [-0.1, -0.05) is 58.0 Å². The summed E-state index contributed by atoms with van der Waals surface area (Å²) in [6, 6.07) is 8.20. The molecule has 0 saturated carbocycles. The number of hydrogen-bond acceptors (Lipinski definition) is 4. The van der Waals surface area contributed by atoms with Gasteiger partial charge >= 0.3 is 11.9 Å². The van der Waals surface area contributed by atoms with E-state index in [0.717, 1.165) is 5.56 Å². The van der Waals surface area contributed by atoms with Crippen molar-refractivity contribution < 1.29 is 24.6 Å². The van der Waals surface area contributed by atoms with Crippen molar-refractivity contribution in [3.05, 3.63) is 35.9 Å². The lowest BCUT2D eigenvalue weighted by atomic mass is 10.0. The van der Waals surface area contributed by atoms with E-state index >= 15 is 0 Å². The van der Waals surface area contributed by atoms with Gasteiger partial charge in [0.1, 0.15) is 12.1 Å². The molecule has 1 amide bonds. The summed E-state index contributed by atoms with van der Waals surface area (Å²) in [6.45, 7) is 7.77. The van der Waals surface area contributed by atoms with Crippen LogP contribution in [-0.2, 0) is 20.8 Å². The number of nitrogens with one attached hydrogen (secondary N) is 1. The molecule has 0 spiro atoms. The molecule has 1 rings (SSSR count). The fraction of sp³-hybridized carbons (Fsp3) is 0.571. The molecule has 0 unspecified atom stereocenters. The van der Waals surface area contributed by atoms with Crippen LogP contribution in [0.1, 0.15) is 52.5 Å². The molecule has 0 heterocycles. The molecule has 5 N–H and O–H groups in total. The van der Waals surface area contributed by atoms with Crippen LogP contribution in [0.25, 0.3) is 0 Å². The van der Waals surface area contributed by atoms with Gasteiger partial charge in [-0.15, -0.1) is 0 Å². The maximum Gasteiger partial charge on any atom is 0.326 e. The molecule has 0 aromatic heterocycles. The summed E-state index contributed by atoms with van der Waals surface area (Å²) in [6.07, 6.45) is 1.94. The van der Waals surface area contributed by atoms with Gasteiger partial charge in [0.25, 0.3) is 0 Å². The number of benzene rings is 1. The Balaban J connectivity index is 0.000000684. The average Bonchev–Trinajstić information content (AvgIpc) is 2.59. The molecule has 7 nitrogen and oxygen atoms in total. The summed E-state index contributed by atoms with van der Waals surface area (Å²) in [5, 5.41) is 19.9. The number of carboxylic acids is 2. The number of hydrogen-bond donors (Lipinski definition) is 4. The normalized spacial score (nSPS) is 12.7. The number of rotatable bonds is 10. The van der Waals surface area contributed by atoms with E-state index in [4.69, 9.17) is 15.9 Å². The summed E-state index contributed by atoms with van der Waals surface area (Å²) >= 11 is 0. The molecule has 0 aliphatic rings. The van der Waals surface area contributed by atoms with Crippen molar-refractivity contribution in [1.29, 1.82) is 0 Å². The molecule has 0 aliphatic carbocycles. The van der Waals surface area contributed by atoms with Crippen molar-refractivity contribution in [3.63, 3.8) is 0 Å². The molecule has 28 heavy (non-hydrogen) atoms. The first-order valence-corrected chi connectivity index (χ1v) is 9.57. The minimum absolute atomic E-state index is 0.211. The third kappa shape index (κ3) is 12.9. The molecular formula is C21H34N2O5. The SMILES string of the molecule is CC(C)C[C@H](N)C(=O)O.CC(C)C[C@H](NC(=O)CCc1ccccc1)C(=O)O. The quantitative estimate of drug-likeness (QED) is 0.483. The highest BCUT2D eigenvalue weighted by Crippen LogP contribution is 2.07. The smallest absolute Gasteiger partial charge is 0.326 e. The Bertz CT molecular complexity index is 602. The Labute approximate surface area is 167 Å². The maximum atomic E-state index is 11.7. The summed E-state index contributed by atoms with van der Waals surface area (Å²) in [4.78, 5) is 32.9. The summed E-state index contributed by atoms with van der Waals surface area (Å²) in [5.74, 6) is -1.51. The van der Waals surface area contributed by atoms with E-state index in [1.54, 1.807) is 0 Å². The summed E-state index contributed by atoms with van der Waals surface area (Å²) in [5.41, 5.74) is 6.30. The van der Waals surface area contributed by atoms with Crippen molar-refractivity contribution in [3.8, 4) is 0 Å². The van der Waals surface area contributed by atoms with Gasteiger partial charge in [-0.3, -0.25) is 9.59 Å². The third-order valence-electron chi connectivity index (χ3n) is 3.87. The van der Waals surface area contributed by atoms with Crippen molar-refractivity contribution in [1.82, 2.24) is 5.32 Å². The van der Waals surface area contributed by atoms with Gasteiger partial charge in [0.15, 0.2) is 0 Å². The van der Waals surface area contributed by atoms with E-state index in [-0.39, 0.29) is 11.8 Å². The van der Waals surface area contributed by atoms with E-state index in [1.165, 1.54) is 0 Å². The number of amides is 1. The number of carboxylic acid groups (broad SMARTS) is 2. The second kappa shape index (κ2) is 13.7. The number of aryl methyl sites for hydroxylation is 1. The summed E-state index contributed by atoms with van der Waals surface area (Å²) in [7, 11) is 0. The minimum Gasteiger partial charge on any atom is -0.480 e. The van der Waals surface area contributed by atoms with Gasteiger partial charge in [-0.25, -0.2) is 4.79 Å². The highest BCUT2D eigenvalue weighted by atomic mass is 16.4. The average molecular weight is 395 g/mol. The van der Waals surface area contributed by atoms with Gasteiger partial charge < -0.3 is 21.3 Å². The molecule has 0 fully saturated rings. The zero-order valence-electron chi connectivity index (χ0n) is 17.2. The number of nitrogens with two attached hydrogens (primary N) is 1. The second-order valence-electron chi connectivity index (χ2n) is 7.65. The second-order valence-corrected chi connectivity index (χ2v) is 7.65. The molecule has 158 valence electrons. The zero-order valence-corrected chi connectivity index (χ0v) is 17.2. The van der Waals surface area contributed by atoms with Crippen LogP contribution in [0.4, 0.5) is 0 Å². The van der Waals surface area contributed by atoms with Crippen molar-refractivity contribution >= 4 is 17.8 Å². The Kier molecular flexibility index (Phi) is 12.5. The van der Waals surface area contributed by atoms with Crippen LogP contribution in [0.15, 0.2) is 30.3 Å². The van der Waals surface area contributed by atoms with Crippen LogP contribution in [-0.4, -0.2) is 40.1 Å². The van der Waals surface area contributed by atoms with Crippen molar-refractivity contribution in [2.45, 2.75) is 65.5 Å². The summed E-state index contributed by atoms with van der Waals surface area (Å²) < 4.78 is 0. The van der Waals surface area contributed by atoms with Gasteiger partial charge in [-0.2, -0.15) is 0 Å². The fourth-order valence-corrected chi connectivity index (χ4v) is 2.47. The van der Waals surface area contributed by atoms with E-state index in [2.05, 4.69) is 5.32 Å². The lowest BCUT2D eigenvalue weighted by Crippen LogP contribution is -2.41. The molecule has 2 atom stereocenters. The van der Waals surface area contributed by atoms with Gasteiger partial charge in [0, 0.05) is 6.42 Å². The Morgan fingerprint density at radius 3 is 1.86 bits per heavy atom. The van der Waals surface area contributed by atoms with Crippen LogP contribution in [0.2, 0.25) is 0 Å². The lowest BCUT2D eigenvalue weighted by Gasteiger charge is -2.16. The van der Waals surface area contributed by atoms with E-state index in [1.807, 2.05) is 58.0 Å². The number of carbonyl (C=O) groups is 3. The maximum absolute atomic E-state index is 11.7. The topological polar surface area (TPSA) is 130 Å². The van der Waals surface area contributed by atoms with Gasteiger partial charge in [-0.05, 0) is 36.7 Å². The molecule has 0 bridgehead atoms. The van der Waals surface area contributed by atoms with Gasteiger partial charge in [0.2, 0.25) is 5.91 Å². The monoisotopic (exact) mass is 394 g/mol. The first-order valence-electron chi connectivity index (χ1n) is 9.57. The Morgan fingerprint density at radius 2 is 1.46 bits per heavy atom. The zero-order chi connectivity index (χ0) is 21.7. The van der Waals surface area contributed by atoms with Crippen LogP contribution < -0.4 is 11.1 Å². The van der Waals surface area contributed by atoms with E-state index < -0.39 is 24.0 Å². The van der Waals surface area contributed by atoms with Gasteiger partial charge in [0.05, 0.1) is 0 Å². The first-order chi connectivity index (χ1) is 13.0. The van der Waals surface area contributed by atoms with E-state index in [9.17, 15) is 14.4 Å². The molecule has 1 aromatic carbocycles. The van der Waals surface area contributed by atoms with Crippen LogP contribution in [0.3, 0.4) is 0 Å². The van der Waals surface area contributed by atoms with Crippen LogP contribution >= 0.6 is 0 Å². The molecular weight excluding hydrogens is 360 g/mol. The predicted octanol–water partition coefficient (Wildman–Crippen LogP) is 2.68. The van der Waals surface area contributed by atoms with Crippen molar-refractivity contribution in [2.75, 3.05) is 0 Å². The lowest BCUT2D eigenvalue weighted by molar-refractivity contribution is -0.142.